The summed E-state index contributed by atoms with van der Waals surface area (Å²) in [4.78, 5) is 7.97. The van der Waals surface area contributed by atoms with Gasteiger partial charge in [-0.25, -0.2) is 9.97 Å². The summed E-state index contributed by atoms with van der Waals surface area (Å²) < 4.78 is 15.6. The maximum absolute atomic E-state index is 5.73. The van der Waals surface area contributed by atoms with Crippen LogP contribution in [-0.4, -0.2) is 31.3 Å². The standard InChI is InChI=1S/C13H16N4O3/c1-18-9-5-4-8(6-10(9)19-2)17-13-11(20-3)12(14)15-7-16-13/h4-7H,1-3H3,(H3,14,15,16,17). The average molecular weight is 276 g/mol. The zero-order valence-corrected chi connectivity index (χ0v) is 11.5. The molecule has 1 aromatic carbocycles. The van der Waals surface area contributed by atoms with Crippen LogP contribution < -0.4 is 25.3 Å². The molecule has 2 rings (SSSR count). The Morgan fingerprint density at radius 1 is 1.00 bits per heavy atom. The Kier molecular flexibility index (Phi) is 4.09. The molecule has 1 aromatic heterocycles. The van der Waals surface area contributed by atoms with E-state index in [4.69, 9.17) is 19.9 Å². The van der Waals surface area contributed by atoms with Crippen molar-refractivity contribution in [2.45, 2.75) is 0 Å². The molecule has 0 aliphatic carbocycles. The van der Waals surface area contributed by atoms with Crippen LogP contribution in [0.3, 0.4) is 0 Å². The van der Waals surface area contributed by atoms with Crippen molar-refractivity contribution in [2.75, 3.05) is 32.4 Å². The van der Waals surface area contributed by atoms with Gasteiger partial charge < -0.3 is 25.3 Å². The van der Waals surface area contributed by atoms with Gasteiger partial charge in [0.1, 0.15) is 6.33 Å². The van der Waals surface area contributed by atoms with E-state index in [2.05, 4.69) is 15.3 Å². The molecule has 0 aliphatic heterocycles. The molecule has 7 heteroatoms. The molecule has 7 nitrogen and oxygen atoms in total. The minimum Gasteiger partial charge on any atom is -0.493 e. The van der Waals surface area contributed by atoms with Gasteiger partial charge in [0.05, 0.1) is 21.3 Å². The highest BCUT2D eigenvalue weighted by Crippen LogP contribution is 2.33. The first-order valence-corrected chi connectivity index (χ1v) is 5.83. The Bertz CT molecular complexity index is 604. The summed E-state index contributed by atoms with van der Waals surface area (Å²) >= 11 is 0. The van der Waals surface area contributed by atoms with E-state index in [9.17, 15) is 0 Å². The molecule has 0 bridgehead atoms. The molecular weight excluding hydrogens is 260 g/mol. The Labute approximate surface area is 116 Å². The third kappa shape index (κ3) is 2.66. The predicted octanol–water partition coefficient (Wildman–Crippen LogP) is 1.83. The number of hydrogen-bond donors (Lipinski definition) is 2. The summed E-state index contributed by atoms with van der Waals surface area (Å²) in [7, 11) is 4.67. The highest BCUT2D eigenvalue weighted by Gasteiger charge is 2.11. The SMILES string of the molecule is COc1ccc(Nc2ncnc(N)c2OC)cc1OC. The normalized spacial score (nSPS) is 9.95. The van der Waals surface area contributed by atoms with Crippen molar-refractivity contribution in [1.29, 1.82) is 0 Å². The Morgan fingerprint density at radius 3 is 2.40 bits per heavy atom. The minimum atomic E-state index is 0.269. The van der Waals surface area contributed by atoms with Crippen LogP contribution in [0.2, 0.25) is 0 Å². The topological polar surface area (TPSA) is 91.5 Å². The van der Waals surface area contributed by atoms with Crippen molar-refractivity contribution >= 4 is 17.3 Å². The lowest BCUT2D eigenvalue weighted by Gasteiger charge is -2.13. The number of aromatic nitrogens is 2. The van der Waals surface area contributed by atoms with E-state index in [0.717, 1.165) is 5.69 Å². The molecule has 0 fully saturated rings. The van der Waals surface area contributed by atoms with Gasteiger partial charge in [-0.2, -0.15) is 0 Å². The second-order valence-corrected chi connectivity index (χ2v) is 3.84. The molecule has 0 amide bonds. The van der Waals surface area contributed by atoms with Gasteiger partial charge in [-0.3, -0.25) is 0 Å². The number of nitrogens with one attached hydrogen (secondary N) is 1. The van der Waals surface area contributed by atoms with Crippen LogP contribution in [0.5, 0.6) is 17.2 Å². The number of nitrogens with two attached hydrogens (primary N) is 1. The summed E-state index contributed by atoms with van der Waals surface area (Å²) in [6, 6.07) is 5.41. The van der Waals surface area contributed by atoms with Crippen LogP contribution in [-0.2, 0) is 0 Å². The summed E-state index contributed by atoms with van der Waals surface area (Å²) in [5.74, 6) is 2.39. The third-order valence-electron chi connectivity index (χ3n) is 2.68. The van der Waals surface area contributed by atoms with Gasteiger partial charge in [0.25, 0.3) is 0 Å². The predicted molar refractivity (Wildman–Crippen MR) is 75.8 cm³/mol. The van der Waals surface area contributed by atoms with Gasteiger partial charge >= 0.3 is 0 Å². The van der Waals surface area contributed by atoms with Crippen molar-refractivity contribution in [3.05, 3.63) is 24.5 Å². The van der Waals surface area contributed by atoms with E-state index in [-0.39, 0.29) is 5.82 Å². The average Bonchev–Trinajstić information content (AvgIpc) is 2.47. The lowest BCUT2D eigenvalue weighted by Crippen LogP contribution is -2.03. The number of ether oxygens (including phenoxy) is 3. The highest BCUT2D eigenvalue weighted by molar-refractivity contribution is 5.69. The summed E-state index contributed by atoms with van der Waals surface area (Å²) in [6.07, 6.45) is 1.36. The molecule has 0 atom stereocenters. The number of benzene rings is 1. The second kappa shape index (κ2) is 5.96. The number of nitrogen functional groups attached to an aromatic ring is 1. The van der Waals surface area contributed by atoms with Crippen LogP contribution in [0.15, 0.2) is 24.5 Å². The number of hydrogen-bond acceptors (Lipinski definition) is 7. The molecule has 20 heavy (non-hydrogen) atoms. The molecule has 0 spiro atoms. The van der Waals surface area contributed by atoms with Crippen LogP contribution >= 0.6 is 0 Å². The molecule has 0 unspecified atom stereocenters. The maximum Gasteiger partial charge on any atom is 0.204 e. The van der Waals surface area contributed by atoms with Crippen molar-refractivity contribution < 1.29 is 14.2 Å². The van der Waals surface area contributed by atoms with E-state index in [1.54, 1.807) is 26.4 Å². The van der Waals surface area contributed by atoms with Gasteiger partial charge in [0.15, 0.2) is 23.1 Å². The second-order valence-electron chi connectivity index (χ2n) is 3.84. The van der Waals surface area contributed by atoms with Gasteiger partial charge in [-0.1, -0.05) is 0 Å². The quantitative estimate of drug-likeness (QED) is 0.860. The Balaban J connectivity index is 2.33. The first-order chi connectivity index (χ1) is 9.69. The summed E-state index contributed by atoms with van der Waals surface area (Å²) in [5.41, 5.74) is 6.49. The Morgan fingerprint density at radius 2 is 1.75 bits per heavy atom. The molecule has 3 N–H and O–H groups in total. The third-order valence-corrected chi connectivity index (χ3v) is 2.68. The van der Waals surface area contributed by atoms with Gasteiger partial charge in [0.2, 0.25) is 5.75 Å². The van der Waals surface area contributed by atoms with Crippen LogP contribution in [0.25, 0.3) is 0 Å². The summed E-state index contributed by atoms with van der Waals surface area (Å²) in [6.45, 7) is 0. The van der Waals surface area contributed by atoms with E-state index < -0.39 is 0 Å². The van der Waals surface area contributed by atoms with Crippen molar-refractivity contribution in [3.63, 3.8) is 0 Å². The first-order valence-electron chi connectivity index (χ1n) is 5.83. The summed E-state index contributed by atoms with van der Waals surface area (Å²) in [5, 5.41) is 3.10. The number of rotatable bonds is 5. The molecule has 0 aliphatic rings. The molecule has 0 saturated carbocycles. The fourth-order valence-electron chi connectivity index (χ4n) is 1.73. The number of methoxy groups -OCH3 is 3. The van der Waals surface area contributed by atoms with Gasteiger partial charge in [-0.05, 0) is 12.1 Å². The number of nitrogens with zero attached hydrogens (tertiary/aromatic N) is 2. The lowest BCUT2D eigenvalue weighted by molar-refractivity contribution is 0.355. The molecule has 2 aromatic rings. The maximum atomic E-state index is 5.73. The first kappa shape index (κ1) is 13.7. The monoisotopic (exact) mass is 276 g/mol. The smallest absolute Gasteiger partial charge is 0.204 e. The van der Waals surface area contributed by atoms with E-state index >= 15 is 0 Å². The molecule has 0 radical (unpaired) electrons. The molecule has 1 heterocycles. The van der Waals surface area contributed by atoms with Crippen molar-refractivity contribution in [1.82, 2.24) is 9.97 Å². The number of anilines is 3. The molecular formula is C13H16N4O3. The fraction of sp³-hybridized carbons (Fsp3) is 0.231. The molecule has 0 saturated heterocycles. The Hall–Kier alpha value is -2.70. The van der Waals surface area contributed by atoms with Gasteiger partial charge in [-0.15, -0.1) is 0 Å². The highest BCUT2D eigenvalue weighted by atomic mass is 16.5. The van der Waals surface area contributed by atoms with Crippen molar-refractivity contribution in [3.8, 4) is 17.2 Å². The van der Waals surface area contributed by atoms with Crippen LogP contribution in [0.4, 0.5) is 17.3 Å². The van der Waals surface area contributed by atoms with Gasteiger partial charge in [0, 0.05) is 11.8 Å². The van der Waals surface area contributed by atoms with Crippen LogP contribution in [0, 0.1) is 0 Å². The van der Waals surface area contributed by atoms with E-state index in [0.29, 0.717) is 23.1 Å². The van der Waals surface area contributed by atoms with E-state index in [1.165, 1.54) is 13.4 Å². The van der Waals surface area contributed by atoms with E-state index in [1.807, 2.05) is 6.07 Å². The van der Waals surface area contributed by atoms with Crippen molar-refractivity contribution in [2.24, 2.45) is 0 Å². The minimum absolute atomic E-state index is 0.269. The largest absolute Gasteiger partial charge is 0.493 e. The van der Waals surface area contributed by atoms with Crippen LogP contribution in [0.1, 0.15) is 0 Å². The fourth-order valence-corrected chi connectivity index (χ4v) is 1.73. The lowest BCUT2D eigenvalue weighted by atomic mass is 10.2. The zero-order chi connectivity index (χ0) is 14.5. The zero-order valence-electron chi connectivity index (χ0n) is 11.5. The molecule has 106 valence electrons.